The topological polar surface area (TPSA) is 22.2 Å². The van der Waals surface area contributed by atoms with Gasteiger partial charge in [0.2, 0.25) is 0 Å². The van der Waals surface area contributed by atoms with E-state index >= 15 is 0 Å². The van der Waals surface area contributed by atoms with Gasteiger partial charge in [0.1, 0.15) is 5.75 Å². The number of benzene rings is 18. The third kappa shape index (κ3) is 15.4. The van der Waals surface area contributed by atoms with E-state index in [0.29, 0.717) is 0 Å². The standard InChI is InChI=1S/C72H62N2.C56H50N2O/c1-69(2)47-72(7,52-30-36-55(37-31-52)73(53-32-26-50(27-33-53)48-18-10-8-11-19-48)56-38-41-61-59-22-14-16-24-63(59)70(3,4)66(61)44-56)65-43-40-58(46-68(65)69)74(54-34-28-51(29-35-54)49-20-12-9-13-21-49)57-39-42-62-60-23-15-17-25-64(60)71(5,6)67(62)45-57;1-40-16-24-46(25-17-40)57(47-26-18-43(19-27-47)41-12-8-6-9-13-41)49-30-22-45(23-31-49)56(4)39-55(2,3)54-38-51(34-37-53(54)56)58(50-32-35-52(59-5)36-33-50)48-28-20-44(21-29-48)42-14-10-7-11-15-42/h8-46H,47H2,1-7H3;6-38H,39H2,1-5H3. The van der Waals surface area contributed by atoms with Crippen LogP contribution in [0.2, 0.25) is 0 Å². The largest absolute Gasteiger partial charge is 0.497 e. The predicted molar refractivity (Wildman–Crippen MR) is 561 cm³/mol. The average Bonchev–Trinajstić information content (AvgIpc) is 1.57. The molecule has 0 fully saturated rings. The molecular weight excluding hydrogens is 1610 g/mol. The third-order valence-electron chi connectivity index (χ3n) is 29.5. The Morgan fingerprint density at radius 2 is 0.421 bits per heavy atom. The Labute approximate surface area is 786 Å². The van der Waals surface area contributed by atoms with Gasteiger partial charge in [-0.05, 0) is 311 Å². The Morgan fingerprint density at radius 1 is 0.195 bits per heavy atom. The number of hydrogen-bond acceptors (Lipinski definition) is 5. The first kappa shape index (κ1) is 84.8. The lowest BCUT2D eigenvalue weighted by Gasteiger charge is -2.31. The van der Waals surface area contributed by atoms with Crippen molar-refractivity contribution >= 4 is 68.2 Å². The smallest absolute Gasteiger partial charge is 0.119 e. The highest BCUT2D eigenvalue weighted by Crippen LogP contribution is 2.59. The zero-order chi connectivity index (χ0) is 91.1. The minimum atomic E-state index is -0.201. The van der Waals surface area contributed by atoms with Crippen molar-refractivity contribution in [3.05, 3.63) is 498 Å². The van der Waals surface area contributed by atoms with Crippen molar-refractivity contribution in [3.63, 3.8) is 0 Å². The number of methoxy groups -OCH3 is 1. The van der Waals surface area contributed by atoms with Crippen molar-refractivity contribution in [2.75, 3.05) is 26.7 Å². The average molecular weight is 1720 g/mol. The number of nitrogens with zero attached hydrogens (tertiary/aromatic N) is 4. The summed E-state index contributed by atoms with van der Waals surface area (Å²) >= 11 is 0. The molecule has 0 radical (unpaired) electrons. The molecule has 4 aliphatic carbocycles. The highest BCUT2D eigenvalue weighted by molar-refractivity contribution is 5.90. The molecular formula is C128H112N4O. The first-order chi connectivity index (χ1) is 64.5. The van der Waals surface area contributed by atoms with Crippen molar-refractivity contribution in [3.8, 4) is 72.5 Å². The fourth-order valence-electron chi connectivity index (χ4n) is 22.7. The summed E-state index contributed by atoms with van der Waals surface area (Å²) < 4.78 is 5.55. The molecule has 2 atom stereocenters. The molecule has 650 valence electrons. The van der Waals surface area contributed by atoms with Gasteiger partial charge in [-0.2, -0.15) is 0 Å². The Hall–Kier alpha value is -15.0. The molecule has 5 heteroatoms. The van der Waals surface area contributed by atoms with Gasteiger partial charge in [0.05, 0.1) is 7.11 Å². The summed E-state index contributed by atoms with van der Waals surface area (Å²) in [5.74, 6) is 0.841. The summed E-state index contributed by atoms with van der Waals surface area (Å²) in [6.45, 7) is 26.2. The van der Waals surface area contributed by atoms with Crippen LogP contribution in [0.3, 0.4) is 0 Å². The molecule has 0 saturated carbocycles. The molecule has 0 bridgehead atoms. The van der Waals surface area contributed by atoms with Gasteiger partial charge >= 0.3 is 0 Å². The molecule has 4 aliphatic rings. The minimum Gasteiger partial charge on any atom is -0.497 e. The van der Waals surface area contributed by atoms with Crippen LogP contribution in [0.25, 0.3) is 66.8 Å². The van der Waals surface area contributed by atoms with Crippen molar-refractivity contribution in [2.24, 2.45) is 0 Å². The van der Waals surface area contributed by atoms with Crippen LogP contribution in [0, 0.1) is 6.92 Å². The van der Waals surface area contributed by atoms with E-state index < -0.39 is 0 Å². The molecule has 5 nitrogen and oxygen atoms in total. The number of aryl methyl sites for hydroxylation is 1. The fraction of sp³-hybridized carbons (Fsp3) is 0.156. The van der Waals surface area contributed by atoms with Crippen LogP contribution in [0.15, 0.2) is 437 Å². The lowest BCUT2D eigenvalue weighted by Crippen LogP contribution is -2.23. The summed E-state index contributed by atoms with van der Waals surface area (Å²) in [6.07, 6.45) is 2.01. The molecule has 0 aliphatic heterocycles. The SMILES string of the molecule is CC1(C)CC(C)(c2ccc(N(c3ccc(-c4ccccc4)cc3)c3ccc4c(c3)C(C)(C)c3ccccc3-4)cc2)c2ccc(N(c3ccc(-c4ccccc4)cc3)c3ccc4c(c3)C(C)(C)c3ccccc3-4)cc21.COc1ccc(N(c2ccc(-c3ccccc3)cc2)c2ccc3c(c2)C(C)(C)CC3(C)c2ccc(N(c3ccc(C)cc3)c3ccc(-c4ccccc4)cc3)cc2)cc1. The van der Waals surface area contributed by atoms with Gasteiger partial charge in [-0.3, -0.25) is 0 Å². The van der Waals surface area contributed by atoms with Crippen LogP contribution in [-0.4, -0.2) is 7.11 Å². The van der Waals surface area contributed by atoms with Gasteiger partial charge < -0.3 is 24.3 Å². The highest BCUT2D eigenvalue weighted by Gasteiger charge is 2.48. The first-order valence-electron chi connectivity index (χ1n) is 47.0. The number of fused-ring (bicyclic) bond motifs is 8. The van der Waals surface area contributed by atoms with E-state index in [-0.39, 0.29) is 32.5 Å². The monoisotopic (exact) mass is 1720 g/mol. The summed E-state index contributed by atoms with van der Waals surface area (Å²) in [7, 11) is 1.72. The lowest BCUT2D eigenvalue weighted by molar-refractivity contribution is 0.415. The van der Waals surface area contributed by atoms with E-state index in [1.165, 1.54) is 139 Å². The summed E-state index contributed by atoms with van der Waals surface area (Å²) in [6, 6.07) is 161. The molecule has 0 N–H and O–H groups in total. The van der Waals surface area contributed by atoms with E-state index in [1.54, 1.807) is 7.11 Å². The molecule has 133 heavy (non-hydrogen) atoms. The molecule has 0 heterocycles. The van der Waals surface area contributed by atoms with E-state index in [2.05, 4.69) is 520 Å². The zero-order valence-corrected chi connectivity index (χ0v) is 78.2. The maximum Gasteiger partial charge on any atom is 0.119 e. The van der Waals surface area contributed by atoms with Gasteiger partial charge in [0, 0.05) is 89.9 Å². The van der Waals surface area contributed by atoms with Gasteiger partial charge in [-0.1, -0.05) is 354 Å². The fourth-order valence-corrected chi connectivity index (χ4v) is 22.7. The molecule has 18 aromatic carbocycles. The number of hydrogen-bond donors (Lipinski definition) is 0. The van der Waals surface area contributed by atoms with E-state index in [1.807, 2.05) is 12.1 Å². The van der Waals surface area contributed by atoms with Crippen LogP contribution in [-0.2, 0) is 32.5 Å². The zero-order valence-electron chi connectivity index (χ0n) is 78.2. The second-order valence-electron chi connectivity index (χ2n) is 39.7. The molecule has 0 spiro atoms. The number of rotatable bonds is 19. The lowest BCUT2D eigenvalue weighted by atomic mass is 9.75. The molecule has 0 saturated heterocycles. The Balaban J connectivity index is 0.000000164. The van der Waals surface area contributed by atoms with Gasteiger partial charge in [0.15, 0.2) is 0 Å². The normalized spacial score (nSPS) is 16.2. The Morgan fingerprint density at radius 3 is 0.729 bits per heavy atom. The van der Waals surface area contributed by atoms with E-state index in [9.17, 15) is 0 Å². The van der Waals surface area contributed by atoms with Crippen molar-refractivity contribution in [2.45, 2.75) is 121 Å². The number of anilines is 12. The maximum absolute atomic E-state index is 5.55. The molecule has 0 amide bonds. The second kappa shape index (κ2) is 33.7. The summed E-state index contributed by atoms with van der Waals surface area (Å²) in [5, 5.41) is 0. The van der Waals surface area contributed by atoms with Crippen LogP contribution in [0.4, 0.5) is 68.2 Å². The second-order valence-corrected chi connectivity index (χ2v) is 39.7. The Kier molecular flexibility index (Phi) is 21.5. The van der Waals surface area contributed by atoms with E-state index in [4.69, 9.17) is 4.74 Å². The van der Waals surface area contributed by atoms with Crippen molar-refractivity contribution in [1.82, 2.24) is 0 Å². The molecule has 2 unspecified atom stereocenters. The maximum atomic E-state index is 5.55. The van der Waals surface area contributed by atoms with Crippen LogP contribution < -0.4 is 24.3 Å². The highest BCUT2D eigenvalue weighted by atomic mass is 16.5. The molecule has 18 aromatic rings. The van der Waals surface area contributed by atoms with Gasteiger partial charge in [-0.25, -0.2) is 0 Å². The van der Waals surface area contributed by atoms with Gasteiger partial charge in [-0.15, -0.1) is 0 Å². The molecule has 0 aromatic heterocycles. The van der Waals surface area contributed by atoms with Crippen LogP contribution in [0.1, 0.15) is 143 Å². The predicted octanol–water partition coefficient (Wildman–Crippen LogP) is 34.8. The minimum absolute atomic E-state index is 0.0457. The third-order valence-corrected chi connectivity index (χ3v) is 29.5. The van der Waals surface area contributed by atoms with Crippen molar-refractivity contribution < 1.29 is 4.74 Å². The van der Waals surface area contributed by atoms with Crippen molar-refractivity contribution in [1.29, 1.82) is 0 Å². The molecule has 22 rings (SSSR count). The van der Waals surface area contributed by atoms with Gasteiger partial charge in [0.25, 0.3) is 0 Å². The van der Waals surface area contributed by atoms with Crippen LogP contribution in [0.5, 0.6) is 5.75 Å². The quantitative estimate of drug-likeness (QED) is 0.0802. The van der Waals surface area contributed by atoms with Crippen LogP contribution >= 0.6 is 0 Å². The Bertz CT molecular complexity index is 7310. The summed E-state index contributed by atoms with van der Waals surface area (Å²) in [4.78, 5) is 9.65. The first-order valence-corrected chi connectivity index (χ1v) is 47.0. The number of ether oxygens (including phenoxy) is 1. The van der Waals surface area contributed by atoms with E-state index in [0.717, 1.165) is 75.5 Å². The summed E-state index contributed by atoms with van der Waals surface area (Å²) in [5.41, 5.74) is 43.0.